The Labute approximate surface area is 854 Å². The number of esters is 10. The molecule has 0 aliphatic carbocycles. The van der Waals surface area contributed by atoms with Gasteiger partial charge in [0.2, 0.25) is 82.6 Å². The van der Waals surface area contributed by atoms with E-state index >= 15 is 0 Å². The highest BCUT2D eigenvalue weighted by Crippen LogP contribution is 2.40. The molecule has 788 valence electrons. The van der Waals surface area contributed by atoms with Crippen molar-refractivity contribution in [2.45, 2.75) is 178 Å². The van der Waals surface area contributed by atoms with Crippen LogP contribution in [0.1, 0.15) is 184 Å². The average molecular weight is 2200 g/mol. The average Bonchev–Trinajstić information content (AvgIpc) is 1.42. The van der Waals surface area contributed by atoms with Gasteiger partial charge in [-0.15, -0.1) is 0 Å². The van der Waals surface area contributed by atoms with Crippen molar-refractivity contribution in [3.63, 3.8) is 0 Å². The van der Waals surface area contributed by atoms with Crippen molar-refractivity contribution < 1.29 is 160 Å². The summed E-state index contributed by atoms with van der Waals surface area (Å²) < 4.78 is 195. The zero-order chi connectivity index (χ0) is 108. The van der Waals surface area contributed by atoms with E-state index in [4.69, 9.17) is 137 Å². The lowest BCUT2D eigenvalue weighted by Gasteiger charge is -2.19. The number of carbonyl (C=O) groups excluding carboxylic acids is 10. The highest BCUT2D eigenvalue weighted by atomic mass is 35.5. The van der Waals surface area contributed by atoms with Crippen LogP contribution in [0.25, 0.3) is 0 Å². The predicted molar refractivity (Wildman–Crippen MR) is 524 cm³/mol. The lowest BCUT2D eigenvalue weighted by atomic mass is 10.1. The second-order valence-corrected chi connectivity index (χ2v) is 40.1. The minimum absolute atomic E-state index is 0.0318. The Balaban J connectivity index is 0.000000278. The van der Waals surface area contributed by atoms with Crippen LogP contribution in [-0.2, 0) is 148 Å². The van der Waals surface area contributed by atoms with E-state index in [1.807, 2.05) is 6.92 Å². The van der Waals surface area contributed by atoms with Crippen LogP contribution in [-0.4, -0.2) is 141 Å². The predicted octanol–water partition coefficient (Wildman–Crippen LogP) is 14.3. The van der Waals surface area contributed by atoms with Gasteiger partial charge < -0.3 is 96.4 Å². The number of anilines is 5. The first-order valence-corrected chi connectivity index (χ1v) is 52.3. The Bertz CT molecular complexity index is 6770. The first kappa shape index (κ1) is 120. The Morgan fingerprint density at radius 3 is 0.952 bits per heavy atom. The van der Waals surface area contributed by atoms with Crippen LogP contribution in [0.5, 0.6) is 11.5 Å². The molecule has 0 radical (unpaired) electrons. The van der Waals surface area contributed by atoms with Crippen molar-refractivity contribution in [3.05, 3.63) is 236 Å². The maximum atomic E-state index is 12.7. The maximum Gasteiger partial charge on any atom is 0.343 e. The number of halogens is 4. The third-order valence-electron chi connectivity index (χ3n) is 18.4. The second kappa shape index (κ2) is 56.2. The smallest absolute Gasteiger partial charge is 0.343 e. The fourth-order valence-electron chi connectivity index (χ4n) is 11.2. The van der Waals surface area contributed by atoms with E-state index in [0.717, 1.165) is 43.2 Å². The third-order valence-corrected chi connectivity index (χ3v) is 24.8. The van der Waals surface area contributed by atoms with E-state index in [1.165, 1.54) is 76.2 Å². The molecule has 0 amide bonds. The number of nitrogens with two attached hydrogens (primary N) is 5. The van der Waals surface area contributed by atoms with Gasteiger partial charge in [-0.2, -0.15) is 0 Å². The Morgan fingerprint density at radius 2 is 0.648 bits per heavy atom. The molecule has 0 aliphatic heterocycles. The van der Waals surface area contributed by atoms with Gasteiger partial charge in [-0.1, -0.05) is 133 Å². The number of unbranched alkanes of at least 4 members (excludes halogenated alkanes) is 1. The summed E-state index contributed by atoms with van der Waals surface area (Å²) in [6.45, 7) is 19.1. The number of sulfonamides is 5. The summed E-state index contributed by atoms with van der Waals surface area (Å²) >= 11 is 24.0. The summed E-state index contributed by atoms with van der Waals surface area (Å²) in [7, 11) is -21.0. The molecule has 54 heteroatoms. The van der Waals surface area contributed by atoms with E-state index in [9.17, 15) is 90.0 Å². The number of primary sulfonamides is 5. The molecule has 0 spiro atoms. The summed E-state index contributed by atoms with van der Waals surface area (Å²) in [5, 5.41) is 40.1. The zero-order valence-corrected chi connectivity index (χ0v) is 86.7. The number of furan rings is 4. The van der Waals surface area contributed by atoms with Gasteiger partial charge in [0, 0.05) is 40.2 Å². The van der Waals surface area contributed by atoms with Crippen molar-refractivity contribution in [2.75, 3.05) is 46.7 Å². The van der Waals surface area contributed by atoms with Gasteiger partial charge >= 0.3 is 59.7 Å². The molecule has 3 atom stereocenters. The molecule has 10 aromatic rings. The largest absolute Gasteiger partial charge is 0.467 e. The standard InChI is InChI=1S/C23H30N2O7S.C18H21ClN2O7S.2C17H19ClN2O7S.C16H17ClN2O7S/c1-5-6-12-25-19-13-17(23(27)31-16(4)30-22(26)15(2)3)14-20(33(24,28)29)21(19)32-18-10-8-7-9-11-18;1-10(2)17(22)27-11(3)28-18(23)13-7-16(29(20,24)25)14(19)8-15(13)21-9-12-5-4-6-26-12;1-10(2)16(21)26-9-27-17(22)12-6-15(28(19,23)24)13(18)7-14(12)20-8-11-4-3-5-25-11;1-3-16(21)26-10(2)27-17(22)12-7-15(28(19,23)24)13(18)8-14(12)20-9-11-5-4-6-25-11;1-2-15(20)25-9-26-16(21)11-6-14(27(18,22)23)12(17)7-13(11)19-8-10-4-3-5-24-10/h7-11,13-16,25H,5-6,12H2,1-4H3,(H2,24,28,29);4-8,10-11,21H,9H2,1-3H3,(H2,20,24,25);3-7,10,20H,8-9H2,1-2H3,(H2,19,23,24);4-8,10,20H,3,9H2,1-2H3,(H2,19,23,24);3-7,19H,2,8-9H2,1H3,(H2,18,22,23). The Kier molecular flexibility index (Phi) is 46.7. The van der Waals surface area contributed by atoms with Gasteiger partial charge in [0.1, 0.15) is 53.3 Å². The Hall–Kier alpha value is -13.4. The first-order valence-electron chi connectivity index (χ1n) is 43.0. The third kappa shape index (κ3) is 39.6. The second-order valence-electron chi connectivity index (χ2n) is 30.8. The topological polar surface area (TPSA) is 686 Å². The molecular weight excluding hydrogens is 2100 g/mol. The minimum atomic E-state index is -4.28. The molecule has 0 fully saturated rings. The molecule has 0 aliphatic rings. The quantitative estimate of drug-likeness (QED) is 0.00734. The molecule has 15 N–H and O–H groups in total. The zero-order valence-electron chi connectivity index (χ0n) is 79.6. The number of rotatable bonds is 43. The van der Waals surface area contributed by atoms with Gasteiger partial charge in [0.05, 0.1) is 145 Å². The number of para-hydroxylation sites is 1. The molecule has 45 nitrogen and oxygen atoms in total. The molecule has 0 bridgehead atoms. The summed E-state index contributed by atoms with van der Waals surface area (Å²) in [5.74, 6) is -5.93. The van der Waals surface area contributed by atoms with Crippen molar-refractivity contribution in [1.29, 1.82) is 0 Å². The van der Waals surface area contributed by atoms with Crippen LogP contribution < -0.4 is 57.0 Å². The number of benzene rings is 6. The number of carbonyl (C=O) groups is 10. The maximum absolute atomic E-state index is 12.7. The summed E-state index contributed by atoms with van der Waals surface area (Å²) in [4.78, 5) is 118. The SMILES string of the molecule is CC(C)C(=O)OCOC(=O)c1cc(S(N)(=O)=O)c(Cl)cc1NCc1ccco1.CC(OC(=O)c1cc(S(N)(=O)=O)c(Cl)cc1NCc1ccco1)OC(=O)C(C)C.CCC(=O)OC(C)OC(=O)c1cc(S(N)(=O)=O)c(Cl)cc1NCc1ccco1.CCC(=O)OCOC(=O)c1cc(S(N)(=O)=O)c(Cl)cc1NCc1ccco1.CCCCNc1cc(C(=O)OC(C)OC(=O)C(C)C)cc(S(N)(=O)=O)c1Oc1ccccc1. The molecule has 4 heterocycles. The van der Waals surface area contributed by atoms with Crippen molar-refractivity contribution in [3.8, 4) is 11.5 Å². The Morgan fingerprint density at radius 1 is 0.331 bits per heavy atom. The van der Waals surface area contributed by atoms with Crippen molar-refractivity contribution in [2.24, 2.45) is 43.4 Å². The normalized spacial score (nSPS) is 11.9. The summed E-state index contributed by atoms with van der Waals surface area (Å²) in [6.07, 6.45) is 4.30. The van der Waals surface area contributed by atoms with Crippen LogP contribution in [0.4, 0.5) is 28.4 Å². The number of hydrogen-bond donors (Lipinski definition) is 10. The lowest BCUT2D eigenvalue weighted by Crippen LogP contribution is -2.25. The van der Waals surface area contributed by atoms with E-state index in [-0.39, 0.29) is 126 Å². The number of nitrogens with one attached hydrogen (secondary N) is 5. The lowest BCUT2D eigenvalue weighted by molar-refractivity contribution is -0.170. The van der Waals surface area contributed by atoms with Crippen LogP contribution in [0.15, 0.2) is 207 Å². The van der Waals surface area contributed by atoms with Gasteiger partial charge in [0.25, 0.3) is 0 Å². The molecule has 10 rings (SSSR count). The summed E-state index contributed by atoms with van der Waals surface area (Å²) in [5.41, 5.74) is 0.312. The minimum Gasteiger partial charge on any atom is -0.467 e. The van der Waals surface area contributed by atoms with Gasteiger partial charge in [0.15, 0.2) is 5.75 Å². The van der Waals surface area contributed by atoms with Gasteiger partial charge in [-0.25, -0.2) is 91.8 Å². The van der Waals surface area contributed by atoms with E-state index in [0.29, 0.717) is 35.3 Å². The van der Waals surface area contributed by atoms with Crippen LogP contribution >= 0.6 is 46.4 Å². The van der Waals surface area contributed by atoms with Crippen molar-refractivity contribution in [1.82, 2.24) is 0 Å². The number of hydrogen-bond acceptors (Lipinski definition) is 40. The van der Waals surface area contributed by atoms with Crippen LogP contribution in [0.3, 0.4) is 0 Å². The van der Waals surface area contributed by atoms with Crippen LogP contribution in [0.2, 0.25) is 20.1 Å². The molecule has 0 saturated heterocycles. The molecule has 6 aromatic carbocycles. The van der Waals surface area contributed by atoms with E-state index < -0.39 is 180 Å². The molecular formula is C91H106Cl4N10O35S5. The fraction of sp³-hybridized carbons (Fsp3) is 0.319. The molecule has 3 unspecified atom stereocenters. The van der Waals surface area contributed by atoms with E-state index in [2.05, 4.69) is 31.3 Å². The van der Waals surface area contributed by atoms with Gasteiger partial charge in [-0.05, 0) is 128 Å². The van der Waals surface area contributed by atoms with Crippen LogP contribution in [0, 0.1) is 17.8 Å². The summed E-state index contributed by atoms with van der Waals surface area (Å²) in [6, 6.07) is 33.6. The first-order chi connectivity index (χ1) is 67.9. The highest BCUT2D eigenvalue weighted by Gasteiger charge is 2.32. The number of ether oxygens (including phenoxy) is 11. The van der Waals surface area contributed by atoms with E-state index in [1.54, 1.807) is 134 Å². The highest BCUT2D eigenvalue weighted by molar-refractivity contribution is 7.90. The monoisotopic (exact) mass is 2200 g/mol. The van der Waals surface area contributed by atoms with Gasteiger partial charge in [-0.3, -0.25) is 24.0 Å². The molecule has 4 aromatic heterocycles. The molecule has 145 heavy (non-hydrogen) atoms. The van der Waals surface area contributed by atoms with Crippen molar-refractivity contribution >= 4 is 185 Å². The fourth-order valence-corrected chi connectivity index (χ4v) is 16.3. The molecule has 0 saturated carbocycles.